The van der Waals surface area contributed by atoms with Gasteiger partial charge in [0, 0.05) is 48.8 Å². The Kier molecular flexibility index (Phi) is 7.19. The molecule has 2 aliphatic heterocycles. The highest BCUT2D eigenvalue weighted by Crippen LogP contribution is 2.40. The molecule has 4 aromatic rings. The van der Waals surface area contributed by atoms with Crippen LogP contribution in [-0.2, 0) is 9.47 Å². The number of benzene rings is 2. The van der Waals surface area contributed by atoms with E-state index in [1.165, 1.54) is 37.6 Å². The Morgan fingerprint density at radius 1 is 1.07 bits per heavy atom. The number of carbonyl (C=O) groups is 1. The lowest BCUT2D eigenvalue weighted by atomic mass is 9.99. The molecular weight excluding hydrogens is 565 g/mol. The van der Waals surface area contributed by atoms with E-state index in [-0.39, 0.29) is 58.3 Å². The van der Waals surface area contributed by atoms with E-state index in [0.717, 1.165) is 18.9 Å². The first-order valence-electron chi connectivity index (χ1n) is 14.0. The van der Waals surface area contributed by atoms with Gasteiger partial charge >= 0.3 is 6.09 Å². The molecule has 43 heavy (non-hydrogen) atoms. The predicted molar refractivity (Wildman–Crippen MR) is 155 cm³/mol. The molecule has 6 rings (SSSR count). The van der Waals surface area contributed by atoms with E-state index in [1.807, 2.05) is 25.7 Å². The van der Waals surface area contributed by atoms with Crippen LogP contribution >= 0.6 is 0 Å². The molecule has 226 valence electrons. The summed E-state index contributed by atoms with van der Waals surface area (Å²) in [6.07, 6.45) is 2.58. The average molecular weight is 597 g/mol. The standard InChI is InChI=1S/C31H31F3N4O5/c1-31(2,3)43-30(40)38-17-6-7-18(38)14-37(13-17)23-11-24(39)36-29-21(23)12-35-28(27(29)34)20-10-19(42-15-41-4)9-16-5-8-22(32)26(33)25(16)20/h5,8-12,17-18H,6-7,13-15H2,1-4H3,(H,36,39)/t17-,18+. The number of halogens is 3. The second-order valence-electron chi connectivity index (χ2n) is 11.9. The van der Waals surface area contributed by atoms with Crippen LogP contribution in [0.5, 0.6) is 5.75 Å². The molecule has 2 aliphatic rings. The van der Waals surface area contributed by atoms with E-state index in [0.29, 0.717) is 24.2 Å². The van der Waals surface area contributed by atoms with Crippen molar-refractivity contribution in [2.24, 2.45) is 0 Å². The van der Waals surface area contributed by atoms with Gasteiger partial charge in [0.25, 0.3) is 5.56 Å². The fourth-order valence-electron chi connectivity index (χ4n) is 6.09. The highest BCUT2D eigenvalue weighted by molar-refractivity contribution is 6.00. The van der Waals surface area contributed by atoms with Gasteiger partial charge in [0.1, 0.15) is 17.0 Å². The van der Waals surface area contributed by atoms with Crippen LogP contribution in [0.3, 0.4) is 0 Å². The number of piperazine rings is 1. The van der Waals surface area contributed by atoms with Gasteiger partial charge < -0.3 is 24.1 Å². The first-order valence-corrected chi connectivity index (χ1v) is 14.0. The summed E-state index contributed by atoms with van der Waals surface area (Å²) in [5.74, 6) is -2.93. The minimum Gasteiger partial charge on any atom is -0.468 e. The number of aromatic amines is 1. The molecule has 0 spiro atoms. The molecule has 9 nitrogen and oxygen atoms in total. The molecule has 1 amide bonds. The molecule has 2 atom stereocenters. The second kappa shape index (κ2) is 10.7. The fraction of sp³-hybridized carbons (Fsp3) is 0.387. The van der Waals surface area contributed by atoms with Crippen molar-refractivity contribution >= 4 is 33.5 Å². The van der Waals surface area contributed by atoms with E-state index < -0.39 is 28.6 Å². The quantitative estimate of drug-likeness (QED) is 0.294. The van der Waals surface area contributed by atoms with Crippen molar-refractivity contribution in [3.63, 3.8) is 0 Å². The van der Waals surface area contributed by atoms with E-state index in [9.17, 15) is 14.0 Å². The van der Waals surface area contributed by atoms with Crippen molar-refractivity contribution in [2.75, 3.05) is 31.9 Å². The Hall–Kier alpha value is -4.32. The number of ether oxygens (including phenoxy) is 3. The minimum absolute atomic E-state index is 0.0460. The normalized spacial score (nSPS) is 18.5. The summed E-state index contributed by atoms with van der Waals surface area (Å²) >= 11 is 0. The zero-order valence-electron chi connectivity index (χ0n) is 24.2. The third kappa shape index (κ3) is 5.24. The van der Waals surface area contributed by atoms with Crippen LogP contribution in [0.15, 0.2) is 41.3 Å². The van der Waals surface area contributed by atoms with Crippen LogP contribution in [0.4, 0.5) is 23.7 Å². The Labute approximate surface area is 245 Å². The number of nitrogens with zero attached hydrogens (tertiary/aromatic N) is 3. The molecule has 2 saturated heterocycles. The molecule has 4 heterocycles. The minimum atomic E-state index is -1.16. The molecule has 2 aromatic heterocycles. The van der Waals surface area contributed by atoms with Gasteiger partial charge in [0.15, 0.2) is 24.2 Å². The monoisotopic (exact) mass is 596 g/mol. The van der Waals surface area contributed by atoms with E-state index in [2.05, 4.69) is 9.97 Å². The zero-order chi connectivity index (χ0) is 30.6. The largest absolute Gasteiger partial charge is 0.468 e. The van der Waals surface area contributed by atoms with Gasteiger partial charge in [0.05, 0.1) is 23.3 Å². The SMILES string of the molecule is COCOc1cc(-c2ncc3c(N4C[C@H]5CC[C@@H](C4)N5C(=O)OC(C)(C)C)cc(=O)[nH]c3c2F)c2c(F)c(F)ccc2c1. The molecular formula is C31H31F3N4O5. The van der Waals surface area contributed by atoms with Gasteiger partial charge in [-0.15, -0.1) is 0 Å². The number of carbonyl (C=O) groups excluding carboxylic acids is 1. The van der Waals surface area contributed by atoms with Crippen molar-refractivity contribution in [3.05, 3.63) is 64.3 Å². The van der Waals surface area contributed by atoms with Crippen molar-refractivity contribution < 1.29 is 32.2 Å². The molecule has 12 heteroatoms. The van der Waals surface area contributed by atoms with Gasteiger partial charge in [-0.3, -0.25) is 14.7 Å². The number of hydrogen-bond acceptors (Lipinski definition) is 7. The lowest BCUT2D eigenvalue weighted by molar-refractivity contribution is 0.0123. The number of aromatic nitrogens is 2. The maximum Gasteiger partial charge on any atom is 0.410 e. The summed E-state index contributed by atoms with van der Waals surface area (Å²) in [6, 6.07) is 6.29. The number of amides is 1. The van der Waals surface area contributed by atoms with Gasteiger partial charge in [-0.2, -0.15) is 0 Å². The topological polar surface area (TPSA) is 97.0 Å². The number of H-pyrrole nitrogens is 1. The Bertz CT molecular complexity index is 1790. The van der Waals surface area contributed by atoms with Crippen LogP contribution in [0.2, 0.25) is 0 Å². The molecule has 1 N–H and O–H groups in total. The number of fused-ring (bicyclic) bond motifs is 4. The van der Waals surface area contributed by atoms with Crippen LogP contribution in [-0.4, -0.2) is 65.6 Å². The lowest BCUT2D eigenvalue weighted by Crippen LogP contribution is -2.57. The number of anilines is 1. The van der Waals surface area contributed by atoms with Crippen LogP contribution in [0.25, 0.3) is 32.9 Å². The predicted octanol–water partition coefficient (Wildman–Crippen LogP) is 5.73. The van der Waals surface area contributed by atoms with E-state index in [4.69, 9.17) is 14.2 Å². The van der Waals surface area contributed by atoms with Gasteiger partial charge in [-0.25, -0.2) is 18.0 Å². The number of methoxy groups -OCH3 is 1. The first kappa shape index (κ1) is 28.8. The average Bonchev–Trinajstić information content (AvgIpc) is 3.22. The lowest BCUT2D eigenvalue weighted by Gasteiger charge is -2.42. The Balaban J connectivity index is 1.43. The van der Waals surface area contributed by atoms with Crippen molar-refractivity contribution in [1.29, 1.82) is 0 Å². The molecule has 2 bridgehead atoms. The smallest absolute Gasteiger partial charge is 0.410 e. The Morgan fingerprint density at radius 3 is 2.47 bits per heavy atom. The summed E-state index contributed by atoms with van der Waals surface area (Å²) in [6.45, 7) is 6.17. The third-order valence-corrected chi connectivity index (χ3v) is 7.82. The van der Waals surface area contributed by atoms with Crippen LogP contribution < -0.4 is 15.2 Å². The number of rotatable bonds is 5. The molecule has 0 radical (unpaired) electrons. The van der Waals surface area contributed by atoms with E-state index in [1.54, 1.807) is 4.90 Å². The van der Waals surface area contributed by atoms with Crippen molar-refractivity contribution in [3.8, 4) is 17.0 Å². The number of hydrogen-bond donors (Lipinski definition) is 1. The van der Waals surface area contributed by atoms with Gasteiger partial charge in [0.2, 0.25) is 0 Å². The van der Waals surface area contributed by atoms with Gasteiger partial charge in [-0.05, 0) is 57.2 Å². The maximum atomic E-state index is 16.3. The van der Waals surface area contributed by atoms with Crippen molar-refractivity contribution in [1.82, 2.24) is 14.9 Å². The highest BCUT2D eigenvalue weighted by atomic mass is 19.2. The maximum absolute atomic E-state index is 16.3. The second-order valence-corrected chi connectivity index (χ2v) is 11.9. The molecule has 0 unspecified atom stereocenters. The number of pyridine rings is 2. The van der Waals surface area contributed by atoms with E-state index >= 15 is 8.78 Å². The Morgan fingerprint density at radius 2 is 1.79 bits per heavy atom. The highest BCUT2D eigenvalue weighted by Gasteiger charge is 2.44. The molecule has 2 fully saturated rings. The summed E-state index contributed by atoms with van der Waals surface area (Å²) < 4.78 is 61.8. The first-order chi connectivity index (χ1) is 20.4. The third-order valence-electron chi connectivity index (χ3n) is 7.82. The molecule has 0 saturated carbocycles. The summed E-state index contributed by atoms with van der Waals surface area (Å²) in [5, 5.41) is 0.432. The summed E-state index contributed by atoms with van der Waals surface area (Å²) in [7, 11) is 1.43. The molecule has 2 aromatic carbocycles. The summed E-state index contributed by atoms with van der Waals surface area (Å²) in [4.78, 5) is 36.4. The van der Waals surface area contributed by atoms with Crippen LogP contribution in [0.1, 0.15) is 33.6 Å². The van der Waals surface area contributed by atoms with Crippen molar-refractivity contribution in [2.45, 2.75) is 51.3 Å². The fourth-order valence-corrected chi connectivity index (χ4v) is 6.09. The molecule has 0 aliphatic carbocycles. The van der Waals surface area contributed by atoms with Gasteiger partial charge in [-0.1, -0.05) is 6.07 Å². The number of nitrogens with one attached hydrogen (secondary N) is 1. The summed E-state index contributed by atoms with van der Waals surface area (Å²) in [5.41, 5.74) is -1.16. The van der Waals surface area contributed by atoms with Crippen LogP contribution in [0, 0.1) is 17.5 Å². The zero-order valence-corrected chi connectivity index (χ0v) is 24.2.